The SMILES string of the molecule is CCSSC(=O)c1ccc(C(C)(C)C)cc1. The van der Waals surface area contributed by atoms with Crippen LogP contribution >= 0.6 is 21.6 Å². The molecular formula is C13H18OS2. The summed E-state index contributed by atoms with van der Waals surface area (Å²) in [5, 5.41) is 0.146. The molecule has 0 aromatic heterocycles. The standard InChI is InChI=1S/C13H18OS2/c1-5-15-16-12(14)10-6-8-11(9-7-10)13(2,3)4/h6-9H,5H2,1-4H3. The molecule has 0 amide bonds. The Morgan fingerprint density at radius 3 is 2.19 bits per heavy atom. The quantitative estimate of drug-likeness (QED) is 0.738. The smallest absolute Gasteiger partial charge is 0.229 e. The van der Waals surface area contributed by atoms with E-state index in [-0.39, 0.29) is 10.5 Å². The van der Waals surface area contributed by atoms with Crippen LogP contribution in [-0.2, 0) is 5.41 Å². The molecule has 1 rings (SSSR count). The first kappa shape index (κ1) is 13.7. The molecule has 0 unspecified atom stereocenters. The van der Waals surface area contributed by atoms with Crippen molar-refractivity contribution >= 4 is 26.7 Å². The topological polar surface area (TPSA) is 17.1 Å². The number of rotatable bonds is 3. The van der Waals surface area contributed by atoms with Crippen molar-refractivity contribution in [2.75, 3.05) is 5.75 Å². The highest BCUT2D eigenvalue weighted by atomic mass is 33.1. The van der Waals surface area contributed by atoms with Gasteiger partial charge in [-0.2, -0.15) is 0 Å². The van der Waals surface area contributed by atoms with Crippen LogP contribution in [0.1, 0.15) is 43.6 Å². The van der Waals surface area contributed by atoms with Crippen molar-refractivity contribution < 1.29 is 4.79 Å². The van der Waals surface area contributed by atoms with Crippen molar-refractivity contribution in [2.45, 2.75) is 33.1 Å². The maximum atomic E-state index is 11.7. The molecule has 0 spiro atoms. The van der Waals surface area contributed by atoms with Gasteiger partial charge in [-0.3, -0.25) is 4.79 Å². The van der Waals surface area contributed by atoms with Crippen LogP contribution in [0.25, 0.3) is 0 Å². The third-order valence-corrected chi connectivity index (χ3v) is 4.49. The molecule has 0 fully saturated rings. The highest BCUT2D eigenvalue weighted by Gasteiger charge is 2.14. The van der Waals surface area contributed by atoms with E-state index in [0.29, 0.717) is 0 Å². The summed E-state index contributed by atoms with van der Waals surface area (Å²) in [6.45, 7) is 8.57. The van der Waals surface area contributed by atoms with E-state index in [9.17, 15) is 4.79 Å². The number of carbonyl (C=O) groups is 1. The van der Waals surface area contributed by atoms with Crippen LogP contribution in [0.2, 0.25) is 0 Å². The summed E-state index contributed by atoms with van der Waals surface area (Å²) in [5.41, 5.74) is 2.20. The van der Waals surface area contributed by atoms with Gasteiger partial charge in [0.2, 0.25) is 5.12 Å². The van der Waals surface area contributed by atoms with Crippen molar-refractivity contribution in [3.05, 3.63) is 35.4 Å². The first-order valence-corrected chi connectivity index (χ1v) is 7.71. The third-order valence-electron chi connectivity index (χ3n) is 2.24. The number of hydrogen-bond donors (Lipinski definition) is 0. The van der Waals surface area contributed by atoms with Gasteiger partial charge >= 0.3 is 0 Å². The summed E-state index contributed by atoms with van der Waals surface area (Å²) in [6.07, 6.45) is 0. The normalized spacial score (nSPS) is 11.5. The molecule has 0 saturated heterocycles. The van der Waals surface area contributed by atoms with Gasteiger partial charge in [0, 0.05) is 11.3 Å². The first-order chi connectivity index (χ1) is 7.45. The van der Waals surface area contributed by atoms with E-state index < -0.39 is 0 Å². The van der Waals surface area contributed by atoms with Gasteiger partial charge in [0.15, 0.2) is 0 Å². The highest BCUT2D eigenvalue weighted by molar-refractivity contribution is 8.82. The maximum Gasteiger partial charge on any atom is 0.229 e. The molecule has 0 bridgehead atoms. The Hall–Kier alpha value is -0.410. The average molecular weight is 254 g/mol. The van der Waals surface area contributed by atoms with Crippen LogP contribution in [0.3, 0.4) is 0 Å². The Kier molecular flexibility index (Phi) is 4.93. The minimum atomic E-state index is 0.146. The predicted octanol–water partition coefficient (Wildman–Crippen LogP) is 4.53. The zero-order valence-corrected chi connectivity index (χ0v) is 11.9. The van der Waals surface area contributed by atoms with Crippen LogP contribution < -0.4 is 0 Å². The molecule has 0 saturated carbocycles. The van der Waals surface area contributed by atoms with E-state index in [1.54, 1.807) is 10.8 Å². The van der Waals surface area contributed by atoms with Gasteiger partial charge in [0.05, 0.1) is 0 Å². The van der Waals surface area contributed by atoms with Gasteiger partial charge in [-0.05, 0) is 21.8 Å². The van der Waals surface area contributed by atoms with Crippen molar-refractivity contribution in [2.24, 2.45) is 0 Å². The summed E-state index contributed by atoms with van der Waals surface area (Å²) < 4.78 is 0. The Morgan fingerprint density at radius 1 is 1.19 bits per heavy atom. The fraction of sp³-hybridized carbons (Fsp3) is 0.462. The van der Waals surface area contributed by atoms with Crippen molar-refractivity contribution in [3.63, 3.8) is 0 Å². The third kappa shape index (κ3) is 3.87. The predicted molar refractivity (Wildman–Crippen MR) is 75.2 cm³/mol. The minimum Gasteiger partial charge on any atom is -0.281 e. The van der Waals surface area contributed by atoms with Gasteiger partial charge in [0.1, 0.15) is 0 Å². The molecule has 88 valence electrons. The Labute approximate surface area is 106 Å². The lowest BCUT2D eigenvalue weighted by atomic mass is 9.87. The molecular weight excluding hydrogens is 236 g/mol. The summed E-state index contributed by atoms with van der Waals surface area (Å²) in [6, 6.07) is 7.94. The van der Waals surface area contributed by atoms with E-state index in [1.165, 1.54) is 16.4 Å². The van der Waals surface area contributed by atoms with Crippen LogP contribution in [0.5, 0.6) is 0 Å². The van der Waals surface area contributed by atoms with Crippen LogP contribution in [0.4, 0.5) is 0 Å². The molecule has 0 radical (unpaired) electrons. The Balaban J connectivity index is 2.75. The first-order valence-electron chi connectivity index (χ1n) is 5.39. The Morgan fingerprint density at radius 2 is 1.75 bits per heavy atom. The van der Waals surface area contributed by atoms with Gasteiger partial charge < -0.3 is 0 Å². The van der Waals surface area contributed by atoms with Gasteiger partial charge in [0.25, 0.3) is 0 Å². The molecule has 0 heterocycles. The van der Waals surface area contributed by atoms with E-state index in [4.69, 9.17) is 0 Å². The molecule has 0 N–H and O–H groups in total. The van der Waals surface area contributed by atoms with Crippen LogP contribution in [-0.4, -0.2) is 10.9 Å². The number of benzene rings is 1. The van der Waals surface area contributed by atoms with Gasteiger partial charge in [-0.15, -0.1) is 0 Å². The van der Waals surface area contributed by atoms with Crippen LogP contribution in [0.15, 0.2) is 24.3 Å². The number of carbonyl (C=O) groups excluding carboxylic acids is 1. The fourth-order valence-electron chi connectivity index (χ4n) is 1.27. The lowest BCUT2D eigenvalue weighted by molar-refractivity contribution is 0.109. The molecule has 16 heavy (non-hydrogen) atoms. The van der Waals surface area contributed by atoms with Crippen molar-refractivity contribution in [1.29, 1.82) is 0 Å². The van der Waals surface area contributed by atoms with Gasteiger partial charge in [-0.25, -0.2) is 0 Å². The second kappa shape index (κ2) is 5.78. The molecule has 1 nitrogen and oxygen atoms in total. The molecule has 3 heteroatoms. The van der Waals surface area contributed by atoms with Gasteiger partial charge in [-0.1, -0.05) is 62.8 Å². The van der Waals surface area contributed by atoms with Crippen LogP contribution in [0, 0.1) is 0 Å². The number of hydrogen-bond acceptors (Lipinski definition) is 3. The minimum absolute atomic E-state index is 0.146. The van der Waals surface area contributed by atoms with E-state index in [1.807, 2.05) is 31.2 Å². The summed E-state index contributed by atoms with van der Waals surface area (Å²) in [4.78, 5) is 11.7. The lowest BCUT2D eigenvalue weighted by Crippen LogP contribution is -2.10. The summed E-state index contributed by atoms with van der Waals surface area (Å²) in [5.74, 6) is 0.955. The van der Waals surface area contributed by atoms with Crippen molar-refractivity contribution in [3.8, 4) is 0 Å². The average Bonchev–Trinajstić information content (AvgIpc) is 2.25. The van der Waals surface area contributed by atoms with Crippen molar-refractivity contribution in [1.82, 2.24) is 0 Å². The molecule has 1 aromatic carbocycles. The van der Waals surface area contributed by atoms with E-state index in [2.05, 4.69) is 20.8 Å². The fourth-order valence-corrected chi connectivity index (χ4v) is 2.69. The highest BCUT2D eigenvalue weighted by Crippen LogP contribution is 2.27. The van der Waals surface area contributed by atoms with E-state index >= 15 is 0 Å². The Bertz CT molecular complexity index is 349. The zero-order valence-electron chi connectivity index (χ0n) is 10.2. The van der Waals surface area contributed by atoms with E-state index in [0.717, 1.165) is 11.3 Å². The molecule has 1 aromatic rings. The molecule has 0 atom stereocenters. The monoisotopic (exact) mass is 254 g/mol. The second-order valence-corrected chi connectivity index (χ2v) is 7.16. The largest absolute Gasteiger partial charge is 0.281 e. The molecule has 0 aliphatic rings. The maximum absolute atomic E-state index is 11.7. The zero-order chi connectivity index (χ0) is 12.2. The summed E-state index contributed by atoms with van der Waals surface area (Å²) >= 11 is 0. The molecule has 0 aliphatic heterocycles. The molecule has 0 aliphatic carbocycles. The second-order valence-electron chi connectivity index (χ2n) is 4.60. The summed E-state index contributed by atoms with van der Waals surface area (Å²) in [7, 11) is 2.91. The lowest BCUT2D eigenvalue weighted by Gasteiger charge is -2.18.